The summed E-state index contributed by atoms with van der Waals surface area (Å²) in [5.41, 5.74) is 1.38. The third-order valence-electron chi connectivity index (χ3n) is 4.01. The van der Waals surface area contributed by atoms with E-state index >= 15 is 0 Å². The summed E-state index contributed by atoms with van der Waals surface area (Å²) in [6, 6.07) is 10.1. The molecule has 0 amide bonds. The number of hydrogen-bond acceptors (Lipinski definition) is 4. The van der Waals surface area contributed by atoms with Gasteiger partial charge in [0.2, 0.25) is 0 Å². The Labute approximate surface area is 177 Å². The van der Waals surface area contributed by atoms with Crippen molar-refractivity contribution in [2.45, 2.75) is 31.0 Å². The lowest BCUT2D eigenvalue weighted by molar-refractivity contribution is 0.287. The summed E-state index contributed by atoms with van der Waals surface area (Å²) in [7, 11) is 0. The van der Waals surface area contributed by atoms with Gasteiger partial charge in [-0.05, 0) is 42.8 Å². The Bertz CT molecular complexity index is 973. The van der Waals surface area contributed by atoms with Crippen molar-refractivity contribution in [3.8, 4) is 5.75 Å². The lowest BCUT2D eigenvalue weighted by Crippen LogP contribution is -2.08. The van der Waals surface area contributed by atoms with Gasteiger partial charge in [-0.25, -0.2) is 4.39 Å². The Morgan fingerprint density at radius 2 is 2.07 bits per heavy atom. The van der Waals surface area contributed by atoms with Crippen molar-refractivity contribution < 1.29 is 9.13 Å². The normalized spacial score (nSPS) is 10.9. The fourth-order valence-corrected chi connectivity index (χ4v) is 4.11. The van der Waals surface area contributed by atoms with Gasteiger partial charge in [-0.2, -0.15) is 0 Å². The maximum Gasteiger partial charge on any atom is 0.191 e. The monoisotopic (exact) mass is 437 g/mol. The van der Waals surface area contributed by atoms with Crippen molar-refractivity contribution in [2.24, 2.45) is 0 Å². The second kappa shape index (κ2) is 9.45. The molecule has 0 N–H and O–H groups in total. The van der Waals surface area contributed by atoms with E-state index < -0.39 is 0 Å². The topological polar surface area (TPSA) is 39.9 Å². The number of hydrogen-bond donors (Lipinski definition) is 0. The van der Waals surface area contributed by atoms with E-state index in [1.54, 1.807) is 24.3 Å². The maximum absolute atomic E-state index is 14.0. The molecule has 0 aliphatic heterocycles. The van der Waals surface area contributed by atoms with Gasteiger partial charge < -0.3 is 4.74 Å². The number of aryl methyl sites for hydroxylation is 1. The molecular formula is C20H18Cl2FN3OS. The van der Waals surface area contributed by atoms with E-state index in [0.717, 1.165) is 11.3 Å². The third kappa shape index (κ3) is 4.87. The van der Waals surface area contributed by atoms with Crippen LogP contribution in [0.4, 0.5) is 4.39 Å². The van der Waals surface area contributed by atoms with E-state index in [-0.39, 0.29) is 12.4 Å². The van der Waals surface area contributed by atoms with Crippen LogP contribution in [0.25, 0.3) is 0 Å². The summed E-state index contributed by atoms with van der Waals surface area (Å²) in [6.07, 6.45) is 1.75. The van der Waals surface area contributed by atoms with E-state index in [1.807, 2.05) is 23.6 Å². The zero-order valence-corrected chi connectivity index (χ0v) is 17.5. The average Bonchev–Trinajstić information content (AvgIpc) is 3.03. The van der Waals surface area contributed by atoms with Crippen LogP contribution in [-0.2, 0) is 18.9 Å². The highest BCUT2D eigenvalue weighted by molar-refractivity contribution is 7.98. The molecule has 0 aliphatic rings. The maximum atomic E-state index is 14.0. The highest BCUT2D eigenvalue weighted by atomic mass is 35.5. The minimum absolute atomic E-state index is 0.240. The van der Waals surface area contributed by atoms with Crippen LogP contribution in [0.2, 0.25) is 10.0 Å². The first-order valence-corrected chi connectivity index (χ1v) is 10.2. The summed E-state index contributed by atoms with van der Waals surface area (Å²) in [6.45, 7) is 6.46. The van der Waals surface area contributed by atoms with Crippen molar-refractivity contribution in [2.75, 3.05) is 0 Å². The fraction of sp³-hybridized carbons (Fsp3) is 0.200. The lowest BCUT2D eigenvalue weighted by Gasteiger charge is -2.11. The predicted octanol–water partition coefficient (Wildman–Crippen LogP) is 6.09. The summed E-state index contributed by atoms with van der Waals surface area (Å²) in [5, 5.41) is 10.1. The number of thioether (sulfide) groups is 1. The van der Waals surface area contributed by atoms with Gasteiger partial charge in [-0.1, -0.05) is 47.1 Å². The number of nitrogens with zero attached hydrogens (tertiary/aromatic N) is 3. The Kier molecular flexibility index (Phi) is 6.99. The van der Waals surface area contributed by atoms with Gasteiger partial charge in [-0.3, -0.25) is 4.57 Å². The SMILES string of the molecule is C=CCn1c(COc2ccc(Cl)cc2C)nnc1SCc1c(F)cccc1Cl. The van der Waals surface area contributed by atoms with Gasteiger partial charge >= 0.3 is 0 Å². The molecule has 0 aliphatic carbocycles. The van der Waals surface area contributed by atoms with Crippen molar-refractivity contribution in [1.82, 2.24) is 14.8 Å². The van der Waals surface area contributed by atoms with Crippen molar-refractivity contribution in [3.05, 3.63) is 81.9 Å². The molecule has 3 aromatic rings. The molecule has 1 aromatic heterocycles. The molecule has 2 aromatic carbocycles. The smallest absolute Gasteiger partial charge is 0.191 e. The first-order valence-electron chi connectivity index (χ1n) is 8.47. The van der Waals surface area contributed by atoms with Crippen LogP contribution in [0.5, 0.6) is 5.75 Å². The highest BCUT2D eigenvalue weighted by Crippen LogP contribution is 2.28. The number of halogens is 3. The number of aromatic nitrogens is 3. The Balaban J connectivity index is 1.75. The molecule has 0 radical (unpaired) electrons. The standard InChI is InChI=1S/C20H18Cl2FN3OS/c1-3-9-26-19(11-27-18-8-7-14(21)10-13(18)2)24-25-20(26)28-12-15-16(22)5-4-6-17(15)23/h3-8,10H,1,9,11-12H2,2H3. The minimum atomic E-state index is -0.337. The van der Waals surface area contributed by atoms with Crippen LogP contribution in [0.3, 0.4) is 0 Å². The summed E-state index contributed by atoms with van der Waals surface area (Å²) < 4.78 is 21.8. The first kappa shape index (κ1) is 20.7. The first-order chi connectivity index (χ1) is 13.5. The summed E-state index contributed by atoms with van der Waals surface area (Å²) in [5.74, 6) is 1.38. The number of rotatable bonds is 8. The van der Waals surface area contributed by atoms with Gasteiger partial charge in [0.05, 0.1) is 0 Å². The largest absolute Gasteiger partial charge is 0.485 e. The Hall–Kier alpha value is -2.02. The molecule has 1 heterocycles. The van der Waals surface area contributed by atoms with Crippen LogP contribution < -0.4 is 4.74 Å². The second-order valence-corrected chi connectivity index (χ2v) is 7.77. The molecule has 0 saturated carbocycles. The molecule has 0 atom stereocenters. The van der Waals surface area contributed by atoms with E-state index in [2.05, 4.69) is 16.8 Å². The van der Waals surface area contributed by atoms with Gasteiger partial charge in [0, 0.05) is 27.9 Å². The van der Waals surface area contributed by atoms with E-state index in [1.165, 1.54) is 17.8 Å². The average molecular weight is 438 g/mol. The van der Waals surface area contributed by atoms with E-state index in [9.17, 15) is 4.39 Å². The van der Waals surface area contributed by atoms with Crippen molar-refractivity contribution >= 4 is 35.0 Å². The van der Waals surface area contributed by atoms with Crippen LogP contribution >= 0.6 is 35.0 Å². The van der Waals surface area contributed by atoms with Crippen LogP contribution in [0.1, 0.15) is 17.0 Å². The number of ether oxygens (including phenoxy) is 1. The molecular weight excluding hydrogens is 420 g/mol. The van der Waals surface area contributed by atoms with Crippen LogP contribution in [-0.4, -0.2) is 14.8 Å². The molecule has 28 heavy (non-hydrogen) atoms. The Morgan fingerprint density at radius 1 is 1.25 bits per heavy atom. The summed E-state index contributed by atoms with van der Waals surface area (Å²) in [4.78, 5) is 0. The molecule has 4 nitrogen and oxygen atoms in total. The summed E-state index contributed by atoms with van der Waals surface area (Å²) >= 11 is 13.4. The van der Waals surface area contributed by atoms with E-state index in [4.69, 9.17) is 27.9 Å². The zero-order valence-electron chi connectivity index (χ0n) is 15.2. The molecule has 0 bridgehead atoms. The van der Waals surface area contributed by atoms with Gasteiger partial charge in [-0.15, -0.1) is 16.8 Å². The molecule has 146 valence electrons. The second-order valence-electron chi connectivity index (χ2n) is 5.99. The van der Waals surface area contributed by atoms with Crippen LogP contribution in [0, 0.1) is 12.7 Å². The third-order valence-corrected chi connectivity index (χ3v) is 5.59. The number of benzene rings is 2. The Morgan fingerprint density at radius 3 is 2.79 bits per heavy atom. The molecule has 3 rings (SSSR count). The van der Waals surface area contributed by atoms with Crippen molar-refractivity contribution in [3.63, 3.8) is 0 Å². The predicted molar refractivity (Wildman–Crippen MR) is 112 cm³/mol. The highest BCUT2D eigenvalue weighted by Gasteiger charge is 2.15. The number of allylic oxidation sites excluding steroid dienone is 1. The molecule has 8 heteroatoms. The van der Waals surface area contributed by atoms with Crippen LogP contribution in [0.15, 0.2) is 54.2 Å². The molecule has 0 fully saturated rings. The van der Waals surface area contributed by atoms with Gasteiger partial charge in [0.15, 0.2) is 11.0 Å². The van der Waals surface area contributed by atoms with E-state index in [0.29, 0.717) is 38.9 Å². The minimum Gasteiger partial charge on any atom is -0.485 e. The molecule has 0 spiro atoms. The zero-order chi connectivity index (χ0) is 20.1. The lowest BCUT2D eigenvalue weighted by atomic mass is 10.2. The quantitative estimate of drug-likeness (QED) is 0.315. The van der Waals surface area contributed by atoms with Gasteiger partial charge in [0.25, 0.3) is 0 Å². The molecule has 0 saturated heterocycles. The molecule has 0 unspecified atom stereocenters. The fourth-order valence-electron chi connectivity index (χ4n) is 2.57. The van der Waals surface area contributed by atoms with Gasteiger partial charge in [0.1, 0.15) is 18.2 Å². The van der Waals surface area contributed by atoms with Crippen molar-refractivity contribution in [1.29, 1.82) is 0 Å².